The summed E-state index contributed by atoms with van der Waals surface area (Å²) in [5.41, 5.74) is 1.43. The molecule has 1 heterocycles. The molecule has 2 rings (SSSR count). The van der Waals surface area contributed by atoms with Gasteiger partial charge in [0, 0.05) is 15.5 Å². The van der Waals surface area contributed by atoms with Gasteiger partial charge in [-0.2, -0.15) is 5.26 Å². The average Bonchev–Trinajstić information content (AvgIpc) is 2.73. The Morgan fingerprint density at radius 3 is 2.44 bits per heavy atom. The maximum absolute atomic E-state index is 9.15. The zero-order valence-corrected chi connectivity index (χ0v) is 12.1. The molecular weight excluding hydrogens is 264 g/mol. The molecule has 2 aromatic rings. The van der Waals surface area contributed by atoms with Gasteiger partial charge in [0.05, 0.1) is 11.8 Å². The lowest BCUT2D eigenvalue weighted by molar-refractivity contribution is 0.680. The number of nitrogens with zero attached hydrogens (tertiary/aromatic N) is 2. The molecule has 0 fully saturated rings. The molecular formula is C14H13ClN2S. The van der Waals surface area contributed by atoms with Gasteiger partial charge in [-0.1, -0.05) is 23.7 Å². The van der Waals surface area contributed by atoms with Crippen LogP contribution < -0.4 is 0 Å². The maximum atomic E-state index is 9.15. The van der Waals surface area contributed by atoms with Crippen LogP contribution in [0, 0.1) is 18.3 Å². The molecule has 0 spiro atoms. The molecule has 2 nitrogen and oxygen atoms in total. The number of benzene rings is 1. The first-order chi connectivity index (χ1) is 8.44. The topological polar surface area (TPSA) is 36.7 Å². The van der Waals surface area contributed by atoms with Crippen LogP contribution in [-0.2, 0) is 5.41 Å². The molecule has 0 aliphatic carbocycles. The van der Waals surface area contributed by atoms with Crippen LogP contribution in [0.4, 0.5) is 0 Å². The van der Waals surface area contributed by atoms with Crippen molar-refractivity contribution in [1.82, 2.24) is 4.98 Å². The lowest BCUT2D eigenvalue weighted by Crippen LogP contribution is -2.13. The van der Waals surface area contributed by atoms with Crippen LogP contribution in [0.1, 0.15) is 23.7 Å². The second-order valence-electron chi connectivity index (χ2n) is 4.67. The van der Waals surface area contributed by atoms with E-state index >= 15 is 0 Å². The van der Waals surface area contributed by atoms with Crippen LogP contribution in [0.3, 0.4) is 0 Å². The SMILES string of the molecule is Cc1sc(C(C)(C)C#N)nc1-c1ccc(Cl)cc1. The number of rotatable bonds is 2. The fourth-order valence-corrected chi connectivity index (χ4v) is 2.70. The molecule has 0 saturated carbocycles. The summed E-state index contributed by atoms with van der Waals surface area (Å²) in [6.45, 7) is 5.80. The van der Waals surface area contributed by atoms with E-state index in [-0.39, 0.29) is 0 Å². The van der Waals surface area contributed by atoms with E-state index in [1.54, 1.807) is 11.3 Å². The van der Waals surface area contributed by atoms with Gasteiger partial charge in [0.25, 0.3) is 0 Å². The number of aryl methyl sites for hydroxylation is 1. The zero-order chi connectivity index (χ0) is 13.3. The molecule has 1 aromatic carbocycles. The van der Waals surface area contributed by atoms with Crippen LogP contribution in [0.15, 0.2) is 24.3 Å². The van der Waals surface area contributed by atoms with E-state index in [2.05, 4.69) is 11.1 Å². The van der Waals surface area contributed by atoms with Crippen molar-refractivity contribution in [1.29, 1.82) is 5.26 Å². The Bertz CT molecular complexity index is 606. The highest BCUT2D eigenvalue weighted by atomic mass is 35.5. The Hall–Kier alpha value is -1.37. The van der Waals surface area contributed by atoms with Gasteiger partial charge in [0.15, 0.2) is 0 Å². The van der Waals surface area contributed by atoms with Crippen molar-refractivity contribution in [2.75, 3.05) is 0 Å². The van der Waals surface area contributed by atoms with Crippen molar-refractivity contribution in [2.24, 2.45) is 0 Å². The first-order valence-corrected chi connectivity index (χ1v) is 6.78. The Labute approximate surface area is 116 Å². The number of aromatic nitrogens is 1. The molecule has 0 radical (unpaired) electrons. The number of thiazole rings is 1. The molecule has 0 amide bonds. The summed E-state index contributed by atoms with van der Waals surface area (Å²) in [6.07, 6.45) is 0. The maximum Gasteiger partial charge on any atom is 0.113 e. The summed E-state index contributed by atoms with van der Waals surface area (Å²) < 4.78 is 0. The average molecular weight is 277 g/mol. The largest absolute Gasteiger partial charge is 0.239 e. The lowest BCUT2D eigenvalue weighted by atomic mass is 9.97. The van der Waals surface area contributed by atoms with E-state index in [9.17, 15) is 0 Å². The van der Waals surface area contributed by atoms with Crippen molar-refractivity contribution >= 4 is 22.9 Å². The highest BCUT2D eigenvalue weighted by molar-refractivity contribution is 7.12. The first kappa shape index (κ1) is 13.1. The molecule has 0 aliphatic heterocycles. The number of hydrogen-bond acceptors (Lipinski definition) is 3. The molecule has 92 valence electrons. The molecule has 0 aliphatic rings. The summed E-state index contributed by atoms with van der Waals surface area (Å²) >= 11 is 7.46. The highest BCUT2D eigenvalue weighted by Gasteiger charge is 2.25. The fraction of sp³-hybridized carbons (Fsp3) is 0.286. The third kappa shape index (κ3) is 2.40. The van der Waals surface area contributed by atoms with Crippen molar-refractivity contribution in [3.05, 3.63) is 39.2 Å². The molecule has 4 heteroatoms. The van der Waals surface area contributed by atoms with E-state index in [1.165, 1.54) is 0 Å². The van der Waals surface area contributed by atoms with Gasteiger partial charge >= 0.3 is 0 Å². The van der Waals surface area contributed by atoms with Gasteiger partial charge in [-0.3, -0.25) is 0 Å². The van der Waals surface area contributed by atoms with Crippen molar-refractivity contribution in [3.8, 4) is 17.3 Å². The summed E-state index contributed by atoms with van der Waals surface area (Å²) in [5, 5.41) is 10.7. The standard InChI is InChI=1S/C14H13ClN2S/c1-9-12(10-4-6-11(15)7-5-10)17-13(18-9)14(2,3)8-16/h4-7H,1-3H3. The van der Waals surface area contributed by atoms with Gasteiger partial charge in [-0.05, 0) is 32.9 Å². The second-order valence-corrected chi connectivity index (χ2v) is 6.31. The monoisotopic (exact) mass is 276 g/mol. The van der Waals surface area contributed by atoms with E-state index in [0.29, 0.717) is 5.02 Å². The van der Waals surface area contributed by atoms with Gasteiger partial charge in [-0.15, -0.1) is 11.3 Å². The third-order valence-corrected chi connectivity index (χ3v) is 4.27. The number of nitriles is 1. The first-order valence-electron chi connectivity index (χ1n) is 5.59. The minimum atomic E-state index is -0.542. The number of halogens is 1. The van der Waals surface area contributed by atoms with Crippen molar-refractivity contribution < 1.29 is 0 Å². The lowest BCUT2D eigenvalue weighted by Gasteiger charge is -2.09. The smallest absolute Gasteiger partial charge is 0.113 e. The van der Waals surface area contributed by atoms with Gasteiger partial charge < -0.3 is 0 Å². The van der Waals surface area contributed by atoms with E-state index < -0.39 is 5.41 Å². The van der Waals surface area contributed by atoms with E-state index in [1.807, 2.05) is 45.0 Å². The fourth-order valence-electron chi connectivity index (χ4n) is 1.59. The van der Waals surface area contributed by atoms with Crippen LogP contribution in [0.25, 0.3) is 11.3 Å². The van der Waals surface area contributed by atoms with Crippen molar-refractivity contribution in [2.45, 2.75) is 26.2 Å². The van der Waals surface area contributed by atoms with Gasteiger partial charge in [-0.25, -0.2) is 4.98 Å². The predicted octanol–water partition coefficient (Wildman–Crippen LogP) is 4.57. The van der Waals surface area contributed by atoms with Crippen LogP contribution >= 0.6 is 22.9 Å². The summed E-state index contributed by atoms with van der Waals surface area (Å²) in [6, 6.07) is 9.89. The Morgan fingerprint density at radius 1 is 1.28 bits per heavy atom. The summed E-state index contributed by atoms with van der Waals surface area (Å²) in [7, 11) is 0. The Kier molecular flexibility index (Phi) is 3.43. The van der Waals surface area contributed by atoms with E-state index in [4.69, 9.17) is 16.9 Å². The van der Waals surface area contributed by atoms with E-state index in [0.717, 1.165) is 21.1 Å². The normalized spacial score (nSPS) is 11.3. The molecule has 0 saturated heterocycles. The minimum absolute atomic E-state index is 0.542. The quantitative estimate of drug-likeness (QED) is 0.805. The molecule has 1 aromatic heterocycles. The van der Waals surface area contributed by atoms with Gasteiger partial charge in [0.1, 0.15) is 10.4 Å². The van der Waals surface area contributed by atoms with Crippen LogP contribution in [-0.4, -0.2) is 4.98 Å². The Morgan fingerprint density at radius 2 is 1.89 bits per heavy atom. The highest BCUT2D eigenvalue weighted by Crippen LogP contribution is 2.34. The molecule has 18 heavy (non-hydrogen) atoms. The molecule has 0 atom stereocenters. The molecule has 0 N–H and O–H groups in total. The Balaban J connectivity index is 2.48. The zero-order valence-electron chi connectivity index (χ0n) is 10.5. The van der Waals surface area contributed by atoms with Crippen molar-refractivity contribution in [3.63, 3.8) is 0 Å². The number of hydrogen-bond donors (Lipinski definition) is 0. The summed E-state index contributed by atoms with van der Waals surface area (Å²) in [4.78, 5) is 5.73. The summed E-state index contributed by atoms with van der Waals surface area (Å²) in [5.74, 6) is 0. The second kappa shape index (κ2) is 4.72. The predicted molar refractivity (Wildman–Crippen MR) is 75.9 cm³/mol. The molecule has 0 unspecified atom stereocenters. The van der Waals surface area contributed by atoms with Crippen LogP contribution in [0.5, 0.6) is 0 Å². The third-order valence-electron chi connectivity index (χ3n) is 2.73. The van der Waals surface area contributed by atoms with Crippen LogP contribution in [0.2, 0.25) is 5.02 Å². The molecule has 0 bridgehead atoms. The van der Waals surface area contributed by atoms with Gasteiger partial charge in [0.2, 0.25) is 0 Å². The minimum Gasteiger partial charge on any atom is -0.239 e.